The Morgan fingerprint density at radius 2 is 1.88 bits per heavy atom. The van der Waals surface area contributed by atoms with Crippen LogP contribution < -0.4 is 10.2 Å². The summed E-state index contributed by atoms with van der Waals surface area (Å²) >= 11 is 2.10. The van der Waals surface area contributed by atoms with E-state index in [2.05, 4.69) is 42.9 Å². The number of nitrogens with zero attached hydrogens (tertiary/aromatic N) is 4. The Morgan fingerprint density at radius 3 is 2.58 bits per heavy atom. The minimum atomic E-state index is 0.0613. The van der Waals surface area contributed by atoms with E-state index >= 15 is 0 Å². The van der Waals surface area contributed by atoms with E-state index in [0.29, 0.717) is 12.0 Å². The molecule has 3 aliphatic rings. The maximum Gasteiger partial charge on any atom is 0.217 e. The Kier molecular flexibility index (Phi) is 5.64. The molecule has 0 atom stereocenters. The second-order valence-corrected chi connectivity index (χ2v) is 8.96. The molecule has 0 aromatic carbocycles. The predicted octanol–water partition coefficient (Wildman–Crippen LogP) is 1.88. The average Bonchev–Trinajstić information content (AvgIpc) is 2.65. The van der Waals surface area contributed by atoms with Crippen LogP contribution in [0.25, 0.3) is 0 Å². The first-order valence-corrected chi connectivity index (χ1v) is 11.0. The second kappa shape index (κ2) is 8.13. The van der Waals surface area contributed by atoms with Gasteiger partial charge in [0.1, 0.15) is 12.1 Å². The van der Waals surface area contributed by atoms with E-state index in [1.165, 1.54) is 24.3 Å². The number of piperazine rings is 1. The van der Waals surface area contributed by atoms with Gasteiger partial charge in [0.25, 0.3) is 0 Å². The molecule has 0 unspecified atom stereocenters. The molecule has 2 aliphatic heterocycles. The average molecular weight is 376 g/mol. The molecule has 0 bridgehead atoms. The molecule has 1 aliphatic carbocycles. The molecule has 1 N–H and O–H groups in total. The molecule has 0 radical (unpaired) electrons. The number of carbonyl (C=O) groups excluding carboxylic acids is 1. The molecule has 26 heavy (non-hydrogen) atoms. The van der Waals surface area contributed by atoms with Crippen LogP contribution in [0.2, 0.25) is 0 Å². The molecule has 1 saturated carbocycles. The highest BCUT2D eigenvalue weighted by molar-refractivity contribution is 7.99. The molecule has 6 nitrogen and oxygen atoms in total. The Balaban J connectivity index is 1.31. The summed E-state index contributed by atoms with van der Waals surface area (Å²) in [5.74, 6) is 4.22. The monoisotopic (exact) mass is 375 g/mol. The number of carbonyl (C=O) groups is 1. The molecule has 3 heterocycles. The number of hydrogen-bond donors (Lipinski definition) is 1. The molecule has 4 rings (SSSR count). The fourth-order valence-corrected chi connectivity index (χ4v) is 5.47. The van der Waals surface area contributed by atoms with E-state index in [9.17, 15) is 4.79 Å². The minimum absolute atomic E-state index is 0.0613. The lowest BCUT2D eigenvalue weighted by Gasteiger charge is -2.41. The summed E-state index contributed by atoms with van der Waals surface area (Å²) in [7, 11) is 0. The van der Waals surface area contributed by atoms with Gasteiger partial charge in [-0.1, -0.05) is 0 Å². The third-order valence-corrected chi connectivity index (χ3v) is 7.03. The topological polar surface area (TPSA) is 61.4 Å². The molecule has 0 spiro atoms. The van der Waals surface area contributed by atoms with Gasteiger partial charge in [0, 0.05) is 62.9 Å². The van der Waals surface area contributed by atoms with Crippen molar-refractivity contribution in [1.29, 1.82) is 0 Å². The minimum Gasteiger partial charge on any atom is -0.354 e. The molecular formula is C19H29N5OS. The fraction of sp³-hybridized carbons (Fsp3) is 0.737. The Bertz CT molecular complexity index is 622. The largest absolute Gasteiger partial charge is 0.354 e. The summed E-state index contributed by atoms with van der Waals surface area (Å²) in [6.07, 6.45) is 6.38. The Hall–Kier alpha value is -1.34. The highest BCUT2D eigenvalue weighted by Gasteiger charge is 2.32. The van der Waals surface area contributed by atoms with E-state index in [1.54, 1.807) is 13.3 Å². The van der Waals surface area contributed by atoms with Crippen LogP contribution >= 0.6 is 11.8 Å². The van der Waals surface area contributed by atoms with Crippen molar-refractivity contribution in [3.63, 3.8) is 0 Å². The van der Waals surface area contributed by atoms with Gasteiger partial charge in [-0.2, -0.15) is 11.8 Å². The summed E-state index contributed by atoms with van der Waals surface area (Å²) in [5, 5.41) is 2.99. The van der Waals surface area contributed by atoms with E-state index in [0.717, 1.165) is 56.6 Å². The van der Waals surface area contributed by atoms with Crippen LogP contribution in [0.1, 0.15) is 44.2 Å². The van der Waals surface area contributed by atoms with Gasteiger partial charge in [-0.3, -0.25) is 9.69 Å². The van der Waals surface area contributed by atoms with Crippen LogP contribution in [-0.4, -0.2) is 70.5 Å². The first-order valence-electron chi connectivity index (χ1n) is 9.85. The van der Waals surface area contributed by atoms with Crippen molar-refractivity contribution in [2.45, 2.75) is 50.6 Å². The molecule has 1 aromatic heterocycles. The summed E-state index contributed by atoms with van der Waals surface area (Å²) in [5.41, 5.74) is 1.13. The van der Waals surface area contributed by atoms with Gasteiger partial charge in [0.05, 0.1) is 0 Å². The quantitative estimate of drug-likeness (QED) is 0.867. The lowest BCUT2D eigenvalue weighted by atomic mass is 9.78. The lowest BCUT2D eigenvalue weighted by molar-refractivity contribution is -0.120. The Labute approximate surface area is 160 Å². The van der Waals surface area contributed by atoms with Crippen LogP contribution in [0, 0.1) is 0 Å². The van der Waals surface area contributed by atoms with Crippen LogP contribution in [0.3, 0.4) is 0 Å². The summed E-state index contributed by atoms with van der Waals surface area (Å²) in [4.78, 5) is 25.3. The second-order valence-electron chi connectivity index (χ2n) is 7.73. The summed E-state index contributed by atoms with van der Waals surface area (Å²) in [6, 6.07) is 3.27. The molecule has 1 amide bonds. The van der Waals surface area contributed by atoms with Gasteiger partial charge in [0.2, 0.25) is 5.91 Å². The van der Waals surface area contributed by atoms with Crippen LogP contribution in [0.15, 0.2) is 12.4 Å². The highest BCUT2D eigenvalue weighted by Crippen LogP contribution is 2.36. The number of hydrogen-bond acceptors (Lipinski definition) is 6. The zero-order valence-corrected chi connectivity index (χ0v) is 16.4. The number of anilines is 1. The zero-order valence-electron chi connectivity index (χ0n) is 15.6. The normalized spacial score (nSPS) is 27.8. The van der Waals surface area contributed by atoms with Crippen molar-refractivity contribution in [2.75, 3.05) is 42.6 Å². The highest BCUT2D eigenvalue weighted by atomic mass is 32.2. The first-order chi connectivity index (χ1) is 12.7. The van der Waals surface area contributed by atoms with E-state index in [1.807, 2.05) is 0 Å². The van der Waals surface area contributed by atoms with E-state index < -0.39 is 0 Å². The fourth-order valence-electron chi connectivity index (χ4n) is 4.39. The number of thioether (sulfide) groups is 1. The lowest BCUT2D eigenvalue weighted by Crippen LogP contribution is -2.51. The third kappa shape index (κ3) is 4.14. The molecule has 2 saturated heterocycles. The van der Waals surface area contributed by atoms with E-state index in [-0.39, 0.29) is 5.91 Å². The van der Waals surface area contributed by atoms with Gasteiger partial charge < -0.3 is 10.2 Å². The Morgan fingerprint density at radius 1 is 1.15 bits per heavy atom. The van der Waals surface area contributed by atoms with Gasteiger partial charge in [-0.05, 0) is 37.2 Å². The maximum atomic E-state index is 11.1. The number of rotatable bonds is 4. The van der Waals surface area contributed by atoms with Gasteiger partial charge >= 0.3 is 0 Å². The van der Waals surface area contributed by atoms with Gasteiger partial charge in [0.15, 0.2) is 0 Å². The summed E-state index contributed by atoms with van der Waals surface area (Å²) < 4.78 is 0. The van der Waals surface area contributed by atoms with Crippen LogP contribution in [-0.2, 0) is 4.79 Å². The van der Waals surface area contributed by atoms with Crippen molar-refractivity contribution in [1.82, 2.24) is 20.2 Å². The van der Waals surface area contributed by atoms with Gasteiger partial charge in [-0.25, -0.2) is 9.97 Å². The van der Waals surface area contributed by atoms with Crippen molar-refractivity contribution in [2.24, 2.45) is 0 Å². The maximum absolute atomic E-state index is 11.1. The van der Waals surface area contributed by atoms with Crippen molar-refractivity contribution in [3.8, 4) is 0 Å². The smallest absolute Gasteiger partial charge is 0.217 e. The molecule has 7 heteroatoms. The third-order valence-electron chi connectivity index (χ3n) is 5.98. The van der Waals surface area contributed by atoms with Gasteiger partial charge in [-0.15, -0.1) is 0 Å². The summed E-state index contributed by atoms with van der Waals surface area (Å²) in [6.45, 7) is 5.98. The van der Waals surface area contributed by atoms with Crippen molar-refractivity contribution in [3.05, 3.63) is 18.1 Å². The predicted molar refractivity (Wildman–Crippen MR) is 106 cm³/mol. The standard InChI is InChI=1S/C19H29N5OS/c1-14(25)22-16-10-15(11-16)18-12-19(21-13-20-18)24-6-4-23(5-7-24)17-2-8-26-9-3-17/h12-13,15-17H,2-11H2,1H3,(H,22,25). The zero-order chi connectivity index (χ0) is 17.9. The van der Waals surface area contributed by atoms with Crippen LogP contribution in [0.5, 0.6) is 0 Å². The van der Waals surface area contributed by atoms with Crippen molar-refractivity contribution >= 4 is 23.5 Å². The molecule has 3 fully saturated rings. The SMILES string of the molecule is CC(=O)NC1CC(c2cc(N3CCN(C4CCSCC4)CC3)ncn2)C1. The number of nitrogens with one attached hydrogen (secondary N) is 1. The first kappa shape index (κ1) is 18.0. The molecule has 1 aromatic rings. The molecule has 142 valence electrons. The van der Waals surface area contributed by atoms with E-state index in [4.69, 9.17) is 0 Å². The van der Waals surface area contributed by atoms with Crippen LogP contribution in [0.4, 0.5) is 5.82 Å². The number of aromatic nitrogens is 2. The van der Waals surface area contributed by atoms with Crippen molar-refractivity contribution < 1.29 is 4.79 Å². The molecular weight excluding hydrogens is 346 g/mol. The number of amides is 1.